The van der Waals surface area contributed by atoms with Crippen molar-refractivity contribution in [3.8, 4) is 11.1 Å². The van der Waals surface area contributed by atoms with Gasteiger partial charge in [0.1, 0.15) is 12.1 Å². The predicted octanol–water partition coefficient (Wildman–Crippen LogP) is 3.46. The van der Waals surface area contributed by atoms with Crippen molar-refractivity contribution in [1.82, 2.24) is 15.4 Å². The fourth-order valence-corrected chi connectivity index (χ4v) is 4.02. The van der Waals surface area contributed by atoms with E-state index in [9.17, 15) is 4.79 Å². The van der Waals surface area contributed by atoms with Crippen molar-refractivity contribution in [2.24, 2.45) is 11.8 Å². The molecule has 1 fully saturated rings. The standard InChI is InChI=1S/C21H22ClN5O/c1-13-7-8-14(10-17(13)22)16-5-2-6-18-19(16)20(25-12-24-18)27-9-3-4-15(11-27)21(28)26-23/h2,5-8,10,12,15H,3-4,9,11,23H2,1H3,(H,26,28). The fourth-order valence-electron chi connectivity index (χ4n) is 3.84. The van der Waals surface area contributed by atoms with Gasteiger partial charge >= 0.3 is 0 Å². The van der Waals surface area contributed by atoms with Crippen LogP contribution >= 0.6 is 11.6 Å². The van der Waals surface area contributed by atoms with Crippen molar-refractivity contribution >= 4 is 34.2 Å². The van der Waals surface area contributed by atoms with Gasteiger partial charge < -0.3 is 4.90 Å². The van der Waals surface area contributed by atoms with Crippen LogP contribution in [0.1, 0.15) is 18.4 Å². The summed E-state index contributed by atoms with van der Waals surface area (Å²) in [6, 6.07) is 12.1. The number of rotatable bonds is 3. The molecule has 1 saturated heterocycles. The number of nitrogens with zero attached hydrogens (tertiary/aromatic N) is 3. The zero-order chi connectivity index (χ0) is 19.7. The maximum Gasteiger partial charge on any atom is 0.238 e. The molecule has 6 nitrogen and oxygen atoms in total. The van der Waals surface area contributed by atoms with E-state index in [-0.39, 0.29) is 11.8 Å². The van der Waals surface area contributed by atoms with Crippen molar-refractivity contribution in [2.75, 3.05) is 18.0 Å². The fraction of sp³-hybridized carbons (Fsp3) is 0.286. The van der Waals surface area contributed by atoms with Gasteiger partial charge in [0.2, 0.25) is 5.91 Å². The molecule has 1 amide bonds. The molecule has 0 saturated carbocycles. The lowest BCUT2D eigenvalue weighted by atomic mass is 9.95. The van der Waals surface area contributed by atoms with Crippen molar-refractivity contribution in [2.45, 2.75) is 19.8 Å². The van der Waals surface area contributed by atoms with E-state index in [1.165, 1.54) is 0 Å². The molecule has 1 atom stereocenters. The summed E-state index contributed by atoms with van der Waals surface area (Å²) in [6.45, 7) is 3.40. The highest BCUT2D eigenvalue weighted by Crippen LogP contribution is 2.36. The normalized spacial score (nSPS) is 17.0. The highest BCUT2D eigenvalue weighted by Gasteiger charge is 2.27. The van der Waals surface area contributed by atoms with E-state index in [1.54, 1.807) is 6.33 Å². The summed E-state index contributed by atoms with van der Waals surface area (Å²) in [7, 11) is 0. The number of carbonyl (C=O) groups excluding carboxylic acids is 1. The van der Waals surface area contributed by atoms with Crippen molar-refractivity contribution in [3.63, 3.8) is 0 Å². The molecule has 1 aliphatic heterocycles. The summed E-state index contributed by atoms with van der Waals surface area (Å²) in [5.41, 5.74) is 6.23. The number of amides is 1. The summed E-state index contributed by atoms with van der Waals surface area (Å²) in [5, 5.41) is 1.70. The largest absolute Gasteiger partial charge is 0.355 e. The Morgan fingerprint density at radius 1 is 1.29 bits per heavy atom. The number of halogens is 1. The van der Waals surface area contributed by atoms with E-state index in [0.29, 0.717) is 6.54 Å². The number of nitrogens with one attached hydrogen (secondary N) is 1. The first kappa shape index (κ1) is 18.7. The molecule has 0 bridgehead atoms. The van der Waals surface area contributed by atoms with E-state index >= 15 is 0 Å². The van der Waals surface area contributed by atoms with Crippen molar-refractivity contribution in [1.29, 1.82) is 0 Å². The van der Waals surface area contributed by atoms with E-state index in [4.69, 9.17) is 17.4 Å². The summed E-state index contributed by atoms with van der Waals surface area (Å²) in [5.74, 6) is 5.91. The SMILES string of the molecule is Cc1ccc(-c2cccc3ncnc(N4CCCC(C(=O)NN)C4)c23)cc1Cl. The Morgan fingerprint density at radius 3 is 2.93 bits per heavy atom. The number of anilines is 1. The van der Waals surface area contributed by atoms with Crippen LogP contribution in [0.25, 0.3) is 22.0 Å². The maximum absolute atomic E-state index is 12.1. The van der Waals surface area contributed by atoms with Crippen molar-refractivity contribution in [3.05, 3.63) is 53.3 Å². The first-order valence-electron chi connectivity index (χ1n) is 9.34. The van der Waals surface area contributed by atoms with E-state index in [0.717, 1.165) is 57.8 Å². The molecule has 1 aliphatic rings. The average Bonchev–Trinajstić information content (AvgIpc) is 2.74. The highest BCUT2D eigenvalue weighted by molar-refractivity contribution is 6.31. The second-order valence-corrected chi connectivity index (χ2v) is 7.56. The Kier molecular flexibility index (Phi) is 5.15. The van der Waals surface area contributed by atoms with Crippen LogP contribution in [-0.2, 0) is 4.79 Å². The van der Waals surface area contributed by atoms with Gasteiger partial charge in [-0.25, -0.2) is 15.8 Å². The summed E-state index contributed by atoms with van der Waals surface area (Å²) >= 11 is 6.38. The van der Waals surface area contributed by atoms with Gasteiger partial charge in [0, 0.05) is 18.1 Å². The molecule has 144 valence electrons. The van der Waals surface area contributed by atoms with Crippen LogP contribution in [0.5, 0.6) is 0 Å². The molecule has 2 heterocycles. The molecule has 3 aromatic rings. The van der Waals surface area contributed by atoms with Gasteiger partial charge in [-0.3, -0.25) is 10.2 Å². The third-order valence-corrected chi connectivity index (χ3v) is 5.77. The minimum absolute atomic E-state index is 0.131. The number of aryl methyl sites for hydroxylation is 1. The molecular weight excluding hydrogens is 374 g/mol. The van der Waals surface area contributed by atoms with Crippen LogP contribution in [0.3, 0.4) is 0 Å². The van der Waals surface area contributed by atoms with Crippen LogP contribution < -0.4 is 16.2 Å². The average molecular weight is 396 g/mol. The van der Waals surface area contributed by atoms with E-state index < -0.39 is 0 Å². The van der Waals surface area contributed by atoms with E-state index in [1.807, 2.05) is 31.2 Å². The Bertz CT molecular complexity index is 1030. The predicted molar refractivity (Wildman–Crippen MR) is 112 cm³/mol. The quantitative estimate of drug-likeness (QED) is 0.403. The zero-order valence-corrected chi connectivity index (χ0v) is 16.4. The number of benzene rings is 2. The molecular formula is C21H22ClN5O. The number of piperidine rings is 1. The van der Waals surface area contributed by atoms with Crippen LogP contribution in [0.2, 0.25) is 5.02 Å². The molecule has 1 unspecified atom stereocenters. The summed E-state index contributed by atoms with van der Waals surface area (Å²) in [4.78, 5) is 23.3. The maximum atomic E-state index is 12.1. The van der Waals surface area contributed by atoms with Crippen LogP contribution in [0, 0.1) is 12.8 Å². The van der Waals surface area contributed by atoms with Crippen LogP contribution in [0.15, 0.2) is 42.7 Å². The summed E-state index contributed by atoms with van der Waals surface area (Å²) in [6.07, 6.45) is 3.31. The lowest BCUT2D eigenvalue weighted by molar-refractivity contribution is -0.125. The highest BCUT2D eigenvalue weighted by atomic mass is 35.5. The second kappa shape index (κ2) is 7.73. The second-order valence-electron chi connectivity index (χ2n) is 7.15. The van der Waals surface area contributed by atoms with Crippen LogP contribution in [0.4, 0.5) is 5.82 Å². The molecule has 3 N–H and O–H groups in total. The lowest BCUT2D eigenvalue weighted by Gasteiger charge is -2.33. The van der Waals surface area contributed by atoms with Crippen LogP contribution in [-0.4, -0.2) is 29.0 Å². The third-order valence-electron chi connectivity index (χ3n) is 5.36. The molecule has 28 heavy (non-hydrogen) atoms. The number of carbonyl (C=O) groups is 1. The van der Waals surface area contributed by atoms with Gasteiger partial charge in [0.15, 0.2) is 0 Å². The van der Waals surface area contributed by atoms with Gasteiger partial charge in [0.05, 0.1) is 16.8 Å². The number of fused-ring (bicyclic) bond motifs is 1. The molecule has 7 heteroatoms. The molecule has 0 spiro atoms. The monoisotopic (exact) mass is 395 g/mol. The first-order chi connectivity index (χ1) is 13.6. The number of nitrogens with two attached hydrogens (primary N) is 1. The molecule has 2 aromatic carbocycles. The number of hydrogen-bond acceptors (Lipinski definition) is 5. The molecule has 0 aliphatic carbocycles. The first-order valence-corrected chi connectivity index (χ1v) is 9.72. The Hall–Kier alpha value is -2.70. The van der Waals surface area contributed by atoms with Gasteiger partial charge in [-0.05, 0) is 48.6 Å². The minimum atomic E-state index is -0.148. The molecule has 1 aromatic heterocycles. The van der Waals surface area contributed by atoms with E-state index in [2.05, 4.69) is 32.4 Å². The minimum Gasteiger partial charge on any atom is -0.355 e. The number of hydrogen-bond donors (Lipinski definition) is 2. The third kappa shape index (κ3) is 3.41. The Labute approximate surface area is 168 Å². The van der Waals surface area contributed by atoms with Gasteiger partial charge in [0.25, 0.3) is 0 Å². The topological polar surface area (TPSA) is 84.1 Å². The number of aromatic nitrogens is 2. The van der Waals surface area contributed by atoms with Crippen molar-refractivity contribution < 1.29 is 4.79 Å². The number of hydrazine groups is 1. The van der Waals surface area contributed by atoms with Gasteiger partial charge in [-0.15, -0.1) is 0 Å². The summed E-state index contributed by atoms with van der Waals surface area (Å²) < 4.78 is 0. The Morgan fingerprint density at radius 2 is 2.14 bits per heavy atom. The zero-order valence-electron chi connectivity index (χ0n) is 15.7. The van der Waals surface area contributed by atoms with Gasteiger partial charge in [-0.1, -0.05) is 35.9 Å². The smallest absolute Gasteiger partial charge is 0.238 e. The van der Waals surface area contributed by atoms with Gasteiger partial charge in [-0.2, -0.15) is 0 Å². The molecule has 4 rings (SSSR count). The molecule has 0 radical (unpaired) electrons. The lowest BCUT2D eigenvalue weighted by Crippen LogP contribution is -2.45. The Balaban J connectivity index is 1.83.